The summed E-state index contributed by atoms with van der Waals surface area (Å²) in [5.74, 6) is 0.00819. The summed E-state index contributed by atoms with van der Waals surface area (Å²) in [6.07, 6.45) is 5.86. The average molecular weight is 466 g/mol. The monoisotopic (exact) mass is 465 g/mol. The predicted octanol–water partition coefficient (Wildman–Crippen LogP) is 3.58. The number of likely N-dealkylation sites (tertiary alicyclic amines) is 1. The lowest BCUT2D eigenvalue weighted by Crippen LogP contribution is -2.51. The van der Waals surface area contributed by atoms with E-state index in [4.69, 9.17) is 5.41 Å². The van der Waals surface area contributed by atoms with Gasteiger partial charge in [-0.2, -0.15) is 0 Å². The van der Waals surface area contributed by atoms with Crippen LogP contribution in [0.2, 0.25) is 0 Å². The van der Waals surface area contributed by atoms with Crippen molar-refractivity contribution in [1.82, 2.24) is 30.0 Å². The van der Waals surface area contributed by atoms with Crippen molar-refractivity contribution in [2.24, 2.45) is 0 Å². The molecular weight excluding hydrogens is 440 g/mol. The number of halogens is 2. The van der Waals surface area contributed by atoms with Crippen molar-refractivity contribution in [1.29, 1.82) is 5.41 Å². The van der Waals surface area contributed by atoms with E-state index >= 15 is 0 Å². The van der Waals surface area contributed by atoms with Crippen LogP contribution in [0.15, 0.2) is 35.2 Å². The molecule has 166 valence electrons. The van der Waals surface area contributed by atoms with Gasteiger partial charge in [0, 0.05) is 41.8 Å². The van der Waals surface area contributed by atoms with Gasteiger partial charge in [0.25, 0.3) is 6.43 Å². The molecule has 1 saturated carbocycles. The van der Waals surface area contributed by atoms with Gasteiger partial charge in [0.15, 0.2) is 15.9 Å². The maximum Gasteiger partial charge on any atom is 0.291 e. The van der Waals surface area contributed by atoms with Crippen molar-refractivity contribution >= 4 is 29.1 Å². The van der Waals surface area contributed by atoms with E-state index in [1.54, 1.807) is 16.8 Å². The normalized spacial score (nSPS) is 26.9. The standard InChI is InChI=1S/C20H25F2N7S2/c1-11-15(28-8-12-3-4-13(9-28)24-12)7-14(31-27-20(2)5-6-20)10-29(11)17(23)19-26-25-18(30-19)16(21)22/h7,10,12-13,16,23-24,27H,1,3-6,8-9H2,2H3. The molecule has 3 N–H and O–H groups in total. The fourth-order valence-electron chi connectivity index (χ4n) is 4.10. The number of hydrogen-bond acceptors (Lipinski definition) is 8. The Hall–Kier alpha value is -1.82. The minimum absolute atomic E-state index is 0.00819. The number of aromatic nitrogens is 2. The quantitative estimate of drug-likeness (QED) is 0.337. The summed E-state index contributed by atoms with van der Waals surface area (Å²) in [5, 5.41) is 19.4. The molecule has 2 saturated heterocycles. The van der Waals surface area contributed by atoms with E-state index in [-0.39, 0.29) is 21.4 Å². The third-order valence-electron chi connectivity index (χ3n) is 6.17. The lowest BCUT2D eigenvalue weighted by atomic mass is 10.1. The Labute approximate surface area is 188 Å². The van der Waals surface area contributed by atoms with Gasteiger partial charge in [0.05, 0.1) is 11.4 Å². The van der Waals surface area contributed by atoms with Crippen molar-refractivity contribution in [2.45, 2.75) is 56.7 Å². The number of nitrogens with zero attached hydrogens (tertiary/aromatic N) is 4. The second-order valence-electron chi connectivity index (χ2n) is 8.78. The highest BCUT2D eigenvalue weighted by atomic mass is 32.2. The van der Waals surface area contributed by atoms with Crippen molar-refractivity contribution in [2.75, 3.05) is 13.1 Å². The molecule has 1 aromatic heterocycles. The lowest BCUT2D eigenvalue weighted by molar-refractivity contribution is 0.150. The van der Waals surface area contributed by atoms with Crippen LogP contribution in [0.1, 0.15) is 49.0 Å². The molecule has 0 amide bonds. The zero-order valence-electron chi connectivity index (χ0n) is 17.2. The first-order valence-electron chi connectivity index (χ1n) is 10.4. The van der Waals surface area contributed by atoms with E-state index in [9.17, 15) is 8.78 Å². The van der Waals surface area contributed by atoms with Crippen LogP contribution in [0, 0.1) is 5.41 Å². The van der Waals surface area contributed by atoms with Gasteiger partial charge in [-0.25, -0.2) is 8.78 Å². The molecule has 2 bridgehead atoms. The summed E-state index contributed by atoms with van der Waals surface area (Å²) in [7, 11) is 0. The van der Waals surface area contributed by atoms with Gasteiger partial charge in [-0.3, -0.25) is 15.0 Å². The average Bonchev–Trinajstić information content (AvgIpc) is 3.13. The number of amidine groups is 1. The number of fused-ring (bicyclic) bond motifs is 2. The van der Waals surface area contributed by atoms with Crippen LogP contribution in [0.5, 0.6) is 0 Å². The number of allylic oxidation sites excluding steroid dienone is 1. The first kappa shape index (κ1) is 21.0. The van der Waals surface area contributed by atoms with Crippen molar-refractivity contribution < 1.29 is 8.78 Å². The number of piperazine rings is 1. The molecule has 4 heterocycles. The van der Waals surface area contributed by atoms with Crippen molar-refractivity contribution in [3.05, 3.63) is 45.2 Å². The van der Waals surface area contributed by atoms with Crippen LogP contribution in [0.4, 0.5) is 8.78 Å². The molecule has 1 aromatic rings. The summed E-state index contributed by atoms with van der Waals surface area (Å²) in [5.41, 5.74) is 1.77. The number of hydrogen-bond donors (Lipinski definition) is 3. The van der Waals surface area contributed by atoms with Gasteiger partial charge in [-0.15, -0.1) is 10.2 Å². The van der Waals surface area contributed by atoms with Gasteiger partial charge in [-0.1, -0.05) is 17.9 Å². The highest BCUT2D eigenvalue weighted by Crippen LogP contribution is 2.40. The summed E-state index contributed by atoms with van der Waals surface area (Å²) in [6, 6.07) is 0.922. The zero-order chi connectivity index (χ0) is 21.8. The Morgan fingerprint density at radius 1 is 1.35 bits per heavy atom. The summed E-state index contributed by atoms with van der Waals surface area (Å²) >= 11 is 2.29. The lowest BCUT2D eigenvalue weighted by Gasteiger charge is -2.40. The molecular formula is C20H25F2N7S2. The van der Waals surface area contributed by atoms with Crippen LogP contribution >= 0.6 is 23.3 Å². The Morgan fingerprint density at radius 2 is 2.06 bits per heavy atom. The first-order valence-corrected chi connectivity index (χ1v) is 12.0. The minimum atomic E-state index is -2.69. The largest absolute Gasteiger partial charge is 0.367 e. The summed E-state index contributed by atoms with van der Waals surface area (Å²) < 4.78 is 29.5. The molecule has 1 aliphatic carbocycles. The molecule has 11 heteroatoms. The van der Waals surface area contributed by atoms with Gasteiger partial charge < -0.3 is 10.2 Å². The molecule has 7 nitrogen and oxygen atoms in total. The molecule has 4 aliphatic rings. The highest BCUT2D eigenvalue weighted by Gasteiger charge is 2.38. The number of nitrogens with one attached hydrogen (secondary N) is 3. The Morgan fingerprint density at radius 3 is 2.68 bits per heavy atom. The van der Waals surface area contributed by atoms with Gasteiger partial charge in [-0.05, 0) is 50.6 Å². The zero-order valence-corrected chi connectivity index (χ0v) is 18.8. The molecule has 5 rings (SSSR count). The number of rotatable bonds is 6. The van der Waals surface area contributed by atoms with E-state index < -0.39 is 6.43 Å². The molecule has 3 fully saturated rings. The SMILES string of the molecule is C=C1C(N2CC3CCC(C2)N3)=CC(SNC2(C)CC2)=CN1C(=N)c1nnc(C(F)F)s1. The maximum absolute atomic E-state index is 13.0. The smallest absolute Gasteiger partial charge is 0.291 e. The fourth-order valence-corrected chi connectivity index (χ4v) is 5.64. The Bertz CT molecular complexity index is 956. The summed E-state index contributed by atoms with van der Waals surface area (Å²) in [6.45, 7) is 8.22. The molecule has 0 spiro atoms. The van der Waals surface area contributed by atoms with Crippen LogP contribution in [-0.2, 0) is 0 Å². The second kappa shape index (κ2) is 7.95. The van der Waals surface area contributed by atoms with Crippen LogP contribution < -0.4 is 10.0 Å². The van der Waals surface area contributed by atoms with Crippen molar-refractivity contribution in [3.8, 4) is 0 Å². The van der Waals surface area contributed by atoms with E-state index in [1.165, 1.54) is 12.8 Å². The molecule has 2 unspecified atom stereocenters. The molecule has 2 atom stereocenters. The number of alkyl halides is 2. The highest BCUT2D eigenvalue weighted by molar-refractivity contribution is 8.01. The Kier molecular flexibility index (Phi) is 5.40. The van der Waals surface area contributed by atoms with Crippen molar-refractivity contribution in [3.63, 3.8) is 0 Å². The van der Waals surface area contributed by atoms with E-state index in [2.05, 4.69) is 44.7 Å². The van der Waals surface area contributed by atoms with Crippen LogP contribution in [0.3, 0.4) is 0 Å². The third kappa shape index (κ3) is 4.28. The van der Waals surface area contributed by atoms with E-state index in [0.29, 0.717) is 17.8 Å². The van der Waals surface area contributed by atoms with Gasteiger partial charge in [0.2, 0.25) is 0 Å². The van der Waals surface area contributed by atoms with E-state index in [1.807, 2.05) is 6.20 Å². The van der Waals surface area contributed by atoms with Crippen LogP contribution in [-0.4, -0.2) is 56.5 Å². The molecule has 0 radical (unpaired) electrons. The fraction of sp³-hybridized carbons (Fsp3) is 0.550. The third-order valence-corrected chi connectivity index (χ3v) is 8.16. The minimum Gasteiger partial charge on any atom is -0.367 e. The molecule has 0 aromatic carbocycles. The van der Waals surface area contributed by atoms with Gasteiger partial charge >= 0.3 is 0 Å². The topological polar surface area (TPSA) is 80.2 Å². The predicted molar refractivity (Wildman–Crippen MR) is 119 cm³/mol. The molecule has 31 heavy (non-hydrogen) atoms. The Balaban J connectivity index is 1.42. The maximum atomic E-state index is 13.0. The molecule has 3 aliphatic heterocycles. The summed E-state index contributed by atoms with van der Waals surface area (Å²) in [4.78, 5) is 4.93. The van der Waals surface area contributed by atoms with Gasteiger partial charge in [0.1, 0.15) is 0 Å². The first-order chi connectivity index (χ1) is 14.8. The van der Waals surface area contributed by atoms with Crippen LogP contribution in [0.25, 0.3) is 0 Å². The second-order valence-corrected chi connectivity index (χ2v) is 10.7. The van der Waals surface area contributed by atoms with E-state index in [0.717, 1.165) is 47.9 Å².